The molecule has 1 aliphatic carbocycles. The Labute approximate surface area is 136 Å². The van der Waals surface area contributed by atoms with E-state index < -0.39 is 6.10 Å². The summed E-state index contributed by atoms with van der Waals surface area (Å²) in [4.78, 5) is 0. The van der Waals surface area contributed by atoms with Crippen LogP contribution in [0.15, 0.2) is 66.7 Å². The van der Waals surface area contributed by atoms with E-state index in [4.69, 9.17) is 0 Å². The Morgan fingerprint density at radius 3 is 2.39 bits per heavy atom. The summed E-state index contributed by atoms with van der Waals surface area (Å²) in [5.74, 6) is 0. The molecule has 0 spiro atoms. The van der Waals surface area contributed by atoms with Crippen LogP contribution in [0, 0.1) is 5.41 Å². The number of rotatable bonds is 1. The molecule has 3 aromatic carbocycles. The quantitative estimate of drug-likeness (QED) is 0.731. The van der Waals surface area contributed by atoms with Crippen LogP contribution in [0.4, 0.5) is 0 Å². The molecule has 0 saturated carbocycles. The van der Waals surface area contributed by atoms with Crippen molar-refractivity contribution in [3.8, 4) is 0 Å². The van der Waals surface area contributed by atoms with E-state index in [0.717, 1.165) is 16.4 Å². The highest BCUT2D eigenvalue weighted by Crippen LogP contribution is 2.35. The Morgan fingerprint density at radius 1 is 0.826 bits per heavy atom. The smallest absolute Gasteiger partial charge is 0.0887 e. The van der Waals surface area contributed by atoms with Crippen LogP contribution in [0.2, 0.25) is 0 Å². The van der Waals surface area contributed by atoms with E-state index >= 15 is 0 Å². The molecule has 1 nitrogen and oxygen atoms in total. The number of aliphatic hydroxyl groups excluding tert-OH is 1. The second-order valence-electron chi connectivity index (χ2n) is 6.90. The summed E-state index contributed by atoms with van der Waals surface area (Å²) in [6.07, 6.45) is 1.66. The van der Waals surface area contributed by atoms with Crippen molar-refractivity contribution >= 4 is 22.4 Å². The van der Waals surface area contributed by atoms with E-state index in [1.54, 1.807) is 0 Å². The molecule has 0 aromatic heterocycles. The second kappa shape index (κ2) is 5.07. The largest absolute Gasteiger partial charge is 0.387 e. The van der Waals surface area contributed by atoms with Gasteiger partial charge in [0, 0.05) is 5.41 Å². The van der Waals surface area contributed by atoms with Gasteiger partial charge in [-0.1, -0.05) is 86.7 Å². The molecule has 1 unspecified atom stereocenters. The fraction of sp³-hybridized carbons (Fsp3) is 0.182. The molecule has 0 radical (unpaired) electrons. The zero-order valence-corrected chi connectivity index (χ0v) is 13.5. The highest BCUT2D eigenvalue weighted by atomic mass is 16.3. The molecule has 4 rings (SSSR count). The van der Waals surface area contributed by atoms with Gasteiger partial charge in [-0.25, -0.2) is 0 Å². The van der Waals surface area contributed by atoms with E-state index in [1.807, 2.05) is 6.07 Å². The summed E-state index contributed by atoms with van der Waals surface area (Å²) in [6, 6.07) is 23.0. The molecular weight excluding hydrogens is 280 g/mol. The molecule has 1 atom stereocenters. The van der Waals surface area contributed by atoms with E-state index in [0.29, 0.717) is 0 Å². The molecule has 23 heavy (non-hydrogen) atoms. The fourth-order valence-electron chi connectivity index (χ4n) is 3.62. The van der Waals surface area contributed by atoms with Gasteiger partial charge in [0.1, 0.15) is 0 Å². The van der Waals surface area contributed by atoms with E-state index in [-0.39, 0.29) is 5.41 Å². The van der Waals surface area contributed by atoms with Gasteiger partial charge >= 0.3 is 0 Å². The first-order valence-corrected chi connectivity index (χ1v) is 8.06. The van der Waals surface area contributed by atoms with Gasteiger partial charge < -0.3 is 5.11 Å². The third-order valence-corrected chi connectivity index (χ3v) is 4.84. The van der Waals surface area contributed by atoms with Gasteiger partial charge in [0.2, 0.25) is 0 Å². The Bertz CT molecular complexity index is 1010. The van der Waals surface area contributed by atoms with Crippen LogP contribution in [-0.4, -0.2) is 11.2 Å². The first-order valence-electron chi connectivity index (χ1n) is 8.06. The first-order chi connectivity index (χ1) is 11.1. The molecule has 0 saturated heterocycles. The molecule has 1 aliphatic rings. The number of hydrogen-bond acceptors (Lipinski definition) is 1. The Hall–Kier alpha value is -2.38. The normalized spacial score (nSPS) is 19.3. The first kappa shape index (κ1) is 14.2. The van der Waals surface area contributed by atoms with Crippen LogP contribution in [0.3, 0.4) is 0 Å². The maximum absolute atomic E-state index is 11.1. The Morgan fingerprint density at radius 2 is 1.52 bits per heavy atom. The van der Waals surface area contributed by atoms with Gasteiger partial charge in [-0.15, -0.1) is 0 Å². The summed E-state index contributed by atoms with van der Waals surface area (Å²) >= 11 is 0. The van der Waals surface area contributed by atoms with Crippen LogP contribution in [-0.2, 0) is 0 Å². The molecule has 114 valence electrons. The predicted octanol–water partition coefficient (Wildman–Crippen LogP) is 3.22. The average molecular weight is 300 g/mol. The zero-order valence-electron chi connectivity index (χ0n) is 13.5. The second-order valence-corrected chi connectivity index (χ2v) is 6.90. The SMILES string of the molecule is CC1(C)C=c2ccccc2=C(c2cccc3ccccc23)C1O. The number of aliphatic hydroxyl groups is 1. The Balaban J connectivity index is 2.17. The number of fused-ring (bicyclic) bond motifs is 2. The van der Waals surface area contributed by atoms with Crippen molar-refractivity contribution in [2.75, 3.05) is 0 Å². The molecule has 1 heteroatoms. The molecule has 3 aromatic rings. The van der Waals surface area contributed by atoms with Crippen LogP contribution in [0.1, 0.15) is 19.4 Å². The van der Waals surface area contributed by atoms with Crippen LogP contribution in [0.25, 0.3) is 22.4 Å². The molecular formula is C22H20O. The minimum absolute atomic E-state index is 0.291. The lowest BCUT2D eigenvalue weighted by molar-refractivity contribution is 0.143. The molecule has 0 aliphatic heterocycles. The van der Waals surface area contributed by atoms with E-state index in [1.165, 1.54) is 16.0 Å². The van der Waals surface area contributed by atoms with E-state index in [9.17, 15) is 5.11 Å². The maximum Gasteiger partial charge on any atom is 0.0887 e. The van der Waals surface area contributed by atoms with Crippen molar-refractivity contribution in [1.82, 2.24) is 0 Å². The minimum Gasteiger partial charge on any atom is -0.387 e. The van der Waals surface area contributed by atoms with Gasteiger partial charge in [-0.05, 0) is 32.3 Å². The highest BCUT2D eigenvalue weighted by molar-refractivity contribution is 5.95. The fourth-order valence-corrected chi connectivity index (χ4v) is 3.62. The van der Waals surface area contributed by atoms with Crippen molar-refractivity contribution in [1.29, 1.82) is 0 Å². The standard InChI is InChI=1S/C22H20O/c1-22(2)14-16-9-4-6-12-18(16)20(21(22)23)19-13-7-10-15-8-3-5-11-17(15)19/h3-14,21,23H,1-2H3. The van der Waals surface area contributed by atoms with Gasteiger partial charge in [0.25, 0.3) is 0 Å². The van der Waals surface area contributed by atoms with Crippen molar-refractivity contribution in [3.05, 3.63) is 82.7 Å². The van der Waals surface area contributed by atoms with Crippen LogP contribution >= 0.6 is 0 Å². The molecule has 1 N–H and O–H groups in total. The van der Waals surface area contributed by atoms with Crippen molar-refractivity contribution in [3.63, 3.8) is 0 Å². The van der Waals surface area contributed by atoms with Gasteiger partial charge in [0.05, 0.1) is 6.10 Å². The van der Waals surface area contributed by atoms with Gasteiger partial charge in [-0.3, -0.25) is 0 Å². The Kier molecular flexibility index (Phi) is 3.14. The molecule has 0 fully saturated rings. The summed E-state index contributed by atoms with van der Waals surface area (Å²) in [6.45, 7) is 4.19. The molecule has 0 amide bonds. The number of hydrogen-bond donors (Lipinski definition) is 1. The monoisotopic (exact) mass is 300 g/mol. The van der Waals surface area contributed by atoms with Crippen LogP contribution in [0.5, 0.6) is 0 Å². The van der Waals surface area contributed by atoms with Crippen LogP contribution < -0.4 is 10.4 Å². The lowest BCUT2D eigenvalue weighted by Gasteiger charge is -2.33. The van der Waals surface area contributed by atoms with Gasteiger partial charge in [-0.2, -0.15) is 0 Å². The maximum atomic E-state index is 11.1. The molecule has 0 bridgehead atoms. The average Bonchev–Trinajstić information content (AvgIpc) is 2.56. The van der Waals surface area contributed by atoms with Crippen molar-refractivity contribution in [2.45, 2.75) is 20.0 Å². The summed E-state index contributed by atoms with van der Waals surface area (Å²) in [7, 11) is 0. The summed E-state index contributed by atoms with van der Waals surface area (Å²) in [5, 5.41) is 15.8. The lowest BCUT2D eigenvalue weighted by Crippen LogP contribution is -2.43. The van der Waals surface area contributed by atoms with E-state index in [2.05, 4.69) is 80.6 Å². The van der Waals surface area contributed by atoms with Gasteiger partial charge in [0.15, 0.2) is 0 Å². The third-order valence-electron chi connectivity index (χ3n) is 4.84. The zero-order chi connectivity index (χ0) is 16.0. The predicted molar refractivity (Wildman–Crippen MR) is 96.4 cm³/mol. The minimum atomic E-state index is -0.525. The summed E-state index contributed by atoms with van der Waals surface area (Å²) < 4.78 is 0. The number of benzene rings is 3. The summed E-state index contributed by atoms with van der Waals surface area (Å²) in [5.41, 5.74) is 1.87. The van der Waals surface area contributed by atoms with Crippen molar-refractivity contribution in [2.24, 2.45) is 5.41 Å². The lowest BCUT2D eigenvalue weighted by atomic mass is 9.75. The topological polar surface area (TPSA) is 20.2 Å². The highest BCUT2D eigenvalue weighted by Gasteiger charge is 2.32. The molecule has 0 heterocycles. The third kappa shape index (κ3) is 2.20. The van der Waals surface area contributed by atoms with Crippen molar-refractivity contribution < 1.29 is 5.11 Å².